The Morgan fingerprint density at radius 2 is 1.73 bits per heavy atom. The maximum absolute atomic E-state index is 13.1. The standard InChI is InChI=1S/C21H22N2O3/c1-11-4-3-5-13(8-11)22(12(2)24)10-23-20(25)18-14-6-7-15(17-9-16(14)17)19(18)21(23)26/h3-8,14-19H,9-10H2,1-2H3/t14-,15-,16-,17-,18-,19+/m0/s1. The van der Waals surface area contributed by atoms with E-state index in [9.17, 15) is 14.4 Å². The number of rotatable bonds is 3. The van der Waals surface area contributed by atoms with Gasteiger partial charge in [-0.25, -0.2) is 0 Å². The summed E-state index contributed by atoms with van der Waals surface area (Å²) in [6.07, 6.45) is 5.48. The van der Waals surface area contributed by atoms with Gasteiger partial charge in [0.05, 0.1) is 11.8 Å². The van der Waals surface area contributed by atoms with E-state index in [0.717, 1.165) is 17.7 Å². The average molecular weight is 350 g/mol. The molecular weight excluding hydrogens is 328 g/mol. The lowest BCUT2D eigenvalue weighted by Gasteiger charge is -2.37. The van der Waals surface area contributed by atoms with Crippen LogP contribution >= 0.6 is 0 Å². The number of likely N-dealkylation sites (tertiary alicyclic amines) is 1. The number of imide groups is 1. The Bertz CT molecular complexity index is 825. The first-order valence-corrected chi connectivity index (χ1v) is 9.35. The number of benzene rings is 1. The van der Waals surface area contributed by atoms with Gasteiger partial charge in [-0.05, 0) is 54.7 Å². The highest BCUT2D eigenvalue weighted by atomic mass is 16.2. The summed E-state index contributed by atoms with van der Waals surface area (Å²) in [5, 5.41) is 0. The number of hydrogen-bond donors (Lipinski definition) is 0. The molecule has 0 aromatic heterocycles. The van der Waals surface area contributed by atoms with E-state index >= 15 is 0 Å². The van der Waals surface area contributed by atoms with Gasteiger partial charge in [0, 0.05) is 12.6 Å². The number of aryl methyl sites for hydroxylation is 1. The SMILES string of the molecule is CC(=O)N(CN1C(=O)[C@@H]2[C@H]3C=C[C@@H]([C@@H]4C[C@@H]34)[C@@H]2C1=O)c1cccc(C)c1. The van der Waals surface area contributed by atoms with Crippen LogP contribution in [0.2, 0.25) is 0 Å². The van der Waals surface area contributed by atoms with Gasteiger partial charge in [0.1, 0.15) is 6.67 Å². The van der Waals surface area contributed by atoms with Crippen molar-refractivity contribution in [2.24, 2.45) is 35.5 Å². The summed E-state index contributed by atoms with van der Waals surface area (Å²) in [4.78, 5) is 41.3. The molecule has 134 valence electrons. The second-order valence-corrected chi connectivity index (χ2v) is 8.19. The Hall–Kier alpha value is -2.43. The molecule has 5 heteroatoms. The highest BCUT2D eigenvalue weighted by molar-refractivity contribution is 6.07. The van der Waals surface area contributed by atoms with Crippen LogP contribution in [0.3, 0.4) is 0 Å². The molecule has 5 nitrogen and oxygen atoms in total. The normalized spacial score (nSPS) is 36.2. The molecule has 1 aliphatic heterocycles. The van der Waals surface area contributed by atoms with E-state index in [1.54, 1.807) is 0 Å². The summed E-state index contributed by atoms with van der Waals surface area (Å²) < 4.78 is 0. The number of allylic oxidation sites excluding steroid dienone is 2. The van der Waals surface area contributed by atoms with Gasteiger partial charge in [0.25, 0.3) is 0 Å². The van der Waals surface area contributed by atoms with Crippen LogP contribution in [-0.2, 0) is 14.4 Å². The number of hydrogen-bond acceptors (Lipinski definition) is 3. The summed E-state index contributed by atoms with van der Waals surface area (Å²) in [5.74, 6) is 0.803. The van der Waals surface area contributed by atoms with Gasteiger partial charge in [0.2, 0.25) is 17.7 Å². The monoisotopic (exact) mass is 350 g/mol. The first kappa shape index (κ1) is 15.8. The van der Waals surface area contributed by atoms with Crippen LogP contribution in [0.1, 0.15) is 18.9 Å². The zero-order valence-corrected chi connectivity index (χ0v) is 15.0. The zero-order valence-electron chi connectivity index (χ0n) is 15.0. The minimum absolute atomic E-state index is 0.0121. The van der Waals surface area contributed by atoms with E-state index in [1.807, 2.05) is 31.2 Å². The van der Waals surface area contributed by atoms with E-state index in [2.05, 4.69) is 12.2 Å². The number of carbonyl (C=O) groups is 3. The molecule has 5 aliphatic rings. The van der Waals surface area contributed by atoms with Crippen LogP contribution in [0, 0.1) is 42.4 Å². The second kappa shape index (κ2) is 5.29. The molecule has 0 radical (unpaired) electrons. The van der Waals surface area contributed by atoms with Gasteiger partial charge in [-0.1, -0.05) is 24.3 Å². The minimum Gasteiger partial charge on any atom is -0.294 e. The Morgan fingerprint density at radius 1 is 1.12 bits per heavy atom. The lowest BCUT2D eigenvalue weighted by atomic mass is 9.63. The first-order chi connectivity index (χ1) is 12.5. The Kier molecular flexibility index (Phi) is 3.21. The fourth-order valence-corrected chi connectivity index (χ4v) is 5.46. The average Bonchev–Trinajstić information content (AvgIpc) is 3.39. The third-order valence-electron chi connectivity index (χ3n) is 6.73. The van der Waals surface area contributed by atoms with Gasteiger partial charge in [0.15, 0.2) is 0 Å². The Labute approximate surface area is 152 Å². The maximum atomic E-state index is 13.1. The molecule has 0 N–H and O–H groups in total. The third-order valence-corrected chi connectivity index (χ3v) is 6.73. The van der Waals surface area contributed by atoms with Gasteiger partial charge in [-0.15, -0.1) is 0 Å². The van der Waals surface area contributed by atoms with Crippen molar-refractivity contribution in [2.45, 2.75) is 20.3 Å². The molecule has 6 rings (SSSR count). The molecule has 6 atom stereocenters. The second-order valence-electron chi connectivity index (χ2n) is 8.19. The molecule has 26 heavy (non-hydrogen) atoms. The third kappa shape index (κ3) is 2.06. The van der Waals surface area contributed by atoms with Crippen LogP contribution in [0.5, 0.6) is 0 Å². The number of anilines is 1. The molecule has 4 aliphatic carbocycles. The van der Waals surface area contributed by atoms with Gasteiger partial charge >= 0.3 is 0 Å². The van der Waals surface area contributed by atoms with Crippen LogP contribution < -0.4 is 4.90 Å². The molecule has 0 unspecified atom stereocenters. The quantitative estimate of drug-likeness (QED) is 0.621. The van der Waals surface area contributed by atoms with E-state index in [-0.39, 0.29) is 48.1 Å². The number of amides is 3. The largest absolute Gasteiger partial charge is 0.294 e. The van der Waals surface area contributed by atoms with E-state index in [0.29, 0.717) is 11.8 Å². The lowest BCUT2D eigenvalue weighted by molar-refractivity contribution is -0.140. The molecule has 1 heterocycles. The van der Waals surface area contributed by atoms with Gasteiger partial charge in [-0.2, -0.15) is 0 Å². The fourth-order valence-electron chi connectivity index (χ4n) is 5.46. The highest BCUT2D eigenvalue weighted by Crippen LogP contribution is 2.65. The Balaban J connectivity index is 1.45. The summed E-state index contributed by atoms with van der Waals surface area (Å²) in [6, 6.07) is 7.58. The summed E-state index contributed by atoms with van der Waals surface area (Å²) >= 11 is 0. The highest BCUT2D eigenvalue weighted by Gasteiger charge is 2.67. The molecule has 1 aromatic carbocycles. The molecule has 2 bridgehead atoms. The predicted molar refractivity (Wildman–Crippen MR) is 95.8 cm³/mol. The maximum Gasteiger partial charge on any atom is 0.235 e. The Morgan fingerprint density at radius 3 is 2.27 bits per heavy atom. The summed E-state index contributed by atoms with van der Waals surface area (Å²) in [7, 11) is 0. The molecule has 3 fully saturated rings. The number of carbonyl (C=O) groups excluding carboxylic acids is 3. The van der Waals surface area contributed by atoms with Crippen molar-refractivity contribution in [2.75, 3.05) is 11.6 Å². The molecule has 2 saturated carbocycles. The molecular formula is C21H22N2O3. The van der Waals surface area contributed by atoms with Crippen molar-refractivity contribution in [3.05, 3.63) is 42.0 Å². The number of nitrogens with zero attached hydrogens (tertiary/aromatic N) is 2. The zero-order chi connectivity index (χ0) is 18.2. The molecule has 1 saturated heterocycles. The topological polar surface area (TPSA) is 57.7 Å². The van der Waals surface area contributed by atoms with Gasteiger partial charge in [-0.3, -0.25) is 24.2 Å². The van der Waals surface area contributed by atoms with Crippen LogP contribution in [-0.4, -0.2) is 29.3 Å². The van der Waals surface area contributed by atoms with Crippen molar-refractivity contribution < 1.29 is 14.4 Å². The van der Waals surface area contributed by atoms with Gasteiger partial charge < -0.3 is 0 Å². The van der Waals surface area contributed by atoms with Crippen molar-refractivity contribution in [1.82, 2.24) is 4.90 Å². The van der Waals surface area contributed by atoms with Crippen LogP contribution in [0.25, 0.3) is 0 Å². The minimum atomic E-state index is -0.215. The lowest BCUT2D eigenvalue weighted by Crippen LogP contribution is -2.44. The summed E-state index contributed by atoms with van der Waals surface area (Å²) in [6.45, 7) is 3.44. The molecule has 1 aromatic rings. The van der Waals surface area contributed by atoms with Crippen LogP contribution in [0.4, 0.5) is 5.69 Å². The first-order valence-electron chi connectivity index (χ1n) is 9.35. The molecule has 0 spiro atoms. The van der Waals surface area contributed by atoms with Crippen LogP contribution in [0.15, 0.2) is 36.4 Å². The van der Waals surface area contributed by atoms with E-state index in [1.165, 1.54) is 16.7 Å². The summed E-state index contributed by atoms with van der Waals surface area (Å²) in [5.41, 5.74) is 1.75. The van der Waals surface area contributed by atoms with Crippen molar-refractivity contribution >= 4 is 23.4 Å². The smallest absolute Gasteiger partial charge is 0.235 e. The van der Waals surface area contributed by atoms with Crippen molar-refractivity contribution in [3.63, 3.8) is 0 Å². The van der Waals surface area contributed by atoms with E-state index < -0.39 is 0 Å². The predicted octanol–water partition coefficient (Wildman–Crippen LogP) is 2.36. The van der Waals surface area contributed by atoms with Crippen molar-refractivity contribution in [1.29, 1.82) is 0 Å². The fraction of sp³-hybridized carbons (Fsp3) is 0.476. The van der Waals surface area contributed by atoms with Crippen molar-refractivity contribution in [3.8, 4) is 0 Å². The van der Waals surface area contributed by atoms with E-state index in [4.69, 9.17) is 0 Å². The molecule has 3 amide bonds.